The van der Waals surface area contributed by atoms with Crippen molar-refractivity contribution in [1.29, 1.82) is 0 Å². The summed E-state index contributed by atoms with van der Waals surface area (Å²) in [6, 6.07) is 6.15. The van der Waals surface area contributed by atoms with E-state index in [0.717, 1.165) is 54.5 Å². The van der Waals surface area contributed by atoms with Gasteiger partial charge in [0.05, 0.1) is 26.7 Å². The van der Waals surface area contributed by atoms with Crippen molar-refractivity contribution in [1.82, 2.24) is 19.5 Å². The Morgan fingerprint density at radius 1 is 1.15 bits per heavy atom. The number of benzene rings is 1. The van der Waals surface area contributed by atoms with E-state index in [0.29, 0.717) is 5.92 Å². The minimum Gasteiger partial charge on any atom is -0.493 e. The molecule has 136 valence electrons. The second-order valence-electron chi connectivity index (χ2n) is 6.73. The van der Waals surface area contributed by atoms with E-state index in [4.69, 9.17) is 9.47 Å². The van der Waals surface area contributed by atoms with Crippen LogP contribution in [-0.2, 0) is 13.5 Å². The Bertz CT molecular complexity index is 923. The first-order chi connectivity index (χ1) is 12.7. The third-order valence-corrected chi connectivity index (χ3v) is 4.98. The van der Waals surface area contributed by atoms with Gasteiger partial charge in [-0.25, -0.2) is 9.97 Å². The third kappa shape index (κ3) is 3.05. The number of nitrogens with zero attached hydrogens (tertiary/aromatic N) is 5. The highest BCUT2D eigenvalue weighted by Gasteiger charge is 2.25. The molecule has 26 heavy (non-hydrogen) atoms. The minimum atomic E-state index is 0.568. The zero-order valence-electron chi connectivity index (χ0n) is 15.3. The molecule has 1 fully saturated rings. The molecule has 1 unspecified atom stereocenters. The molecule has 0 saturated carbocycles. The fraction of sp³-hybridized carbons (Fsp3) is 0.421. The SMILES string of the molecule is COc1ccc(CC2CCN(c3ncc4ncn(C)c4n3)C2)cc1OC. The van der Waals surface area contributed by atoms with Crippen LogP contribution >= 0.6 is 0 Å². The van der Waals surface area contributed by atoms with E-state index in [1.165, 1.54) is 5.56 Å². The van der Waals surface area contributed by atoms with E-state index in [2.05, 4.69) is 32.0 Å². The molecule has 1 aromatic carbocycles. The lowest BCUT2D eigenvalue weighted by Crippen LogP contribution is -2.22. The van der Waals surface area contributed by atoms with Gasteiger partial charge in [0.25, 0.3) is 0 Å². The van der Waals surface area contributed by atoms with Gasteiger partial charge in [0.2, 0.25) is 5.95 Å². The van der Waals surface area contributed by atoms with Gasteiger partial charge in [-0.1, -0.05) is 6.07 Å². The minimum absolute atomic E-state index is 0.568. The molecule has 0 N–H and O–H groups in total. The van der Waals surface area contributed by atoms with E-state index in [1.807, 2.05) is 17.7 Å². The maximum Gasteiger partial charge on any atom is 0.227 e. The highest BCUT2D eigenvalue weighted by molar-refractivity contribution is 5.70. The molecule has 0 spiro atoms. The monoisotopic (exact) mass is 353 g/mol. The standard InChI is InChI=1S/C19H23N5O2/c1-23-12-21-15-10-20-19(22-18(15)23)24-7-6-14(11-24)8-13-4-5-16(25-2)17(9-13)26-3/h4-5,9-10,12,14H,6-8,11H2,1-3H3. The summed E-state index contributed by atoms with van der Waals surface area (Å²) in [6.07, 6.45) is 5.71. The van der Waals surface area contributed by atoms with Crippen LogP contribution in [0.4, 0.5) is 5.95 Å². The Hall–Kier alpha value is -2.83. The van der Waals surface area contributed by atoms with E-state index < -0.39 is 0 Å². The van der Waals surface area contributed by atoms with Crippen molar-refractivity contribution < 1.29 is 9.47 Å². The molecule has 2 aromatic heterocycles. The largest absolute Gasteiger partial charge is 0.493 e. The highest BCUT2D eigenvalue weighted by Crippen LogP contribution is 2.30. The Kier molecular flexibility index (Phi) is 4.36. The van der Waals surface area contributed by atoms with Gasteiger partial charge in [0.15, 0.2) is 17.1 Å². The number of imidazole rings is 1. The fourth-order valence-corrected chi connectivity index (χ4v) is 3.59. The van der Waals surface area contributed by atoms with Crippen molar-refractivity contribution in [3.05, 3.63) is 36.3 Å². The molecule has 3 aromatic rings. The van der Waals surface area contributed by atoms with E-state index in [9.17, 15) is 0 Å². The number of fused-ring (bicyclic) bond motifs is 1. The van der Waals surface area contributed by atoms with Crippen molar-refractivity contribution in [3.8, 4) is 11.5 Å². The van der Waals surface area contributed by atoms with Gasteiger partial charge in [-0.3, -0.25) is 0 Å². The number of anilines is 1. The maximum atomic E-state index is 5.41. The maximum absolute atomic E-state index is 5.41. The summed E-state index contributed by atoms with van der Waals surface area (Å²) >= 11 is 0. The zero-order chi connectivity index (χ0) is 18.1. The first-order valence-electron chi connectivity index (χ1n) is 8.78. The number of hydrogen-bond donors (Lipinski definition) is 0. The first-order valence-corrected chi connectivity index (χ1v) is 8.78. The molecule has 1 atom stereocenters. The van der Waals surface area contributed by atoms with Crippen molar-refractivity contribution >= 4 is 17.1 Å². The highest BCUT2D eigenvalue weighted by atomic mass is 16.5. The molecule has 0 amide bonds. The molecule has 0 bridgehead atoms. The summed E-state index contributed by atoms with van der Waals surface area (Å²) in [5, 5.41) is 0. The molecule has 1 aliphatic heterocycles. The fourth-order valence-electron chi connectivity index (χ4n) is 3.59. The number of hydrogen-bond acceptors (Lipinski definition) is 6. The van der Waals surface area contributed by atoms with Crippen LogP contribution in [0.3, 0.4) is 0 Å². The molecule has 0 aliphatic carbocycles. The van der Waals surface area contributed by atoms with Crippen molar-refractivity contribution in [2.45, 2.75) is 12.8 Å². The van der Waals surface area contributed by atoms with Gasteiger partial charge in [0, 0.05) is 20.1 Å². The lowest BCUT2D eigenvalue weighted by molar-refractivity contribution is 0.354. The summed E-state index contributed by atoms with van der Waals surface area (Å²) < 4.78 is 12.7. The average Bonchev–Trinajstić information content (AvgIpc) is 3.28. The second kappa shape index (κ2) is 6.82. The average molecular weight is 353 g/mol. The summed E-state index contributed by atoms with van der Waals surface area (Å²) in [7, 11) is 5.28. The molecule has 4 rings (SSSR count). The van der Waals surface area contributed by atoms with Crippen molar-refractivity contribution in [3.63, 3.8) is 0 Å². The van der Waals surface area contributed by atoms with Crippen molar-refractivity contribution in [2.24, 2.45) is 13.0 Å². The zero-order valence-corrected chi connectivity index (χ0v) is 15.3. The smallest absolute Gasteiger partial charge is 0.227 e. The Morgan fingerprint density at radius 3 is 2.81 bits per heavy atom. The summed E-state index contributed by atoms with van der Waals surface area (Å²) in [5.74, 6) is 2.90. The van der Waals surface area contributed by atoms with Gasteiger partial charge >= 0.3 is 0 Å². The predicted molar refractivity (Wildman–Crippen MR) is 99.9 cm³/mol. The third-order valence-electron chi connectivity index (χ3n) is 4.98. The van der Waals surface area contributed by atoms with Crippen LogP contribution < -0.4 is 14.4 Å². The molecule has 1 saturated heterocycles. The Morgan fingerprint density at radius 2 is 2.00 bits per heavy atom. The molecular formula is C19H23N5O2. The number of methoxy groups -OCH3 is 2. The van der Waals surface area contributed by atoms with E-state index in [1.54, 1.807) is 26.7 Å². The molecule has 0 radical (unpaired) electrons. The summed E-state index contributed by atoms with van der Waals surface area (Å²) in [6.45, 7) is 1.93. The number of aryl methyl sites for hydroxylation is 1. The lowest BCUT2D eigenvalue weighted by Gasteiger charge is -2.16. The molecular weight excluding hydrogens is 330 g/mol. The number of ether oxygens (including phenoxy) is 2. The van der Waals surface area contributed by atoms with Crippen LogP contribution in [0.25, 0.3) is 11.2 Å². The van der Waals surface area contributed by atoms with Gasteiger partial charge < -0.3 is 18.9 Å². The second-order valence-corrected chi connectivity index (χ2v) is 6.73. The number of rotatable bonds is 5. The first kappa shape index (κ1) is 16.6. The summed E-state index contributed by atoms with van der Waals surface area (Å²) in [5.41, 5.74) is 2.97. The van der Waals surface area contributed by atoms with Crippen LogP contribution in [0, 0.1) is 5.92 Å². The molecule has 1 aliphatic rings. The van der Waals surface area contributed by atoms with Crippen LogP contribution in [0.5, 0.6) is 11.5 Å². The molecule has 3 heterocycles. The van der Waals surface area contributed by atoms with Gasteiger partial charge in [-0.2, -0.15) is 4.98 Å². The molecule has 7 nitrogen and oxygen atoms in total. The Labute approximate surface area is 152 Å². The summed E-state index contributed by atoms with van der Waals surface area (Å²) in [4.78, 5) is 15.7. The van der Waals surface area contributed by atoms with Crippen molar-refractivity contribution in [2.75, 3.05) is 32.2 Å². The van der Waals surface area contributed by atoms with Gasteiger partial charge in [-0.05, 0) is 36.5 Å². The van der Waals surface area contributed by atoms with Gasteiger partial charge in [-0.15, -0.1) is 0 Å². The van der Waals surface area contributed by atoms with E-state index >= 15 is 0 Å². The van der Waals surface area contributed by atoms with E-state index in [-0.39, 0.29) is 0 Å². The lowest BCUT2D eigenvalue weighted by atomic mass is 9.98. The van der Waals surface area contributed by atoms with Crippen LogP contribution in [0.1, 0.15) is 12.0 Å². The molecule has 7 heteroatoms. The Balaban J connectivity index is 1.47. The normalized spacial score (nSPS) is 17.0. The number of aromatic nitrogens is 4. The predicted octanol–water partition coefficient (Wildman–Crippen LogP) is 2.45. The van der Waals surface area contributed by atoms with Crippen LogP contribution in [-0.4, -0.2) is 46.8 Å². The topological polar surface area (TPSA) is 65.3 Å². The van der Waals surface area contributed by atoms with Crippen LogP contribution in [0.2, 0.25) is 0 Å². The van der Waals surface area contributed by atoms with Crippen LogP contribution in [0.15, 0.2) is 30.7 Å². The quantitative estimate of drug-likeness (QED) is 0.702. The van der Waals surface area contributed by atoms with Gasteiger partial charge in [0.1, 0.15) is 5.52 Å².